The SMILES string of the molecule is COc1cc(Br)cc(C2C3=CCC4C(=O)N(Cc5ccccc5)C(=O)C4C3CC3C(=O)N(Nc4ccc(C)cc4)C(=O)C32c2ccccc2)c1O. The monoisotopic (exact) mass is 745 g/mol. The van der Waals surface area contributed by atoms with Crippen molar-refractivity contribution >= 4 is 45.2 Å². The standard InChI is InChI=1S/C41H36BrN3O6/c1-23-13-15-27(16-14-23)43-45-38(48)32-21-30-28(17-18-29-34(30)39(49)44(37(29)47)22-24-9-5-3-6-10-24)35(31-19-26(42)20-33(51-2)36(31)46)41(32,40(45)50)25-11-7-4-8-12-25/h3-17,19-20,29-30,32,34-35,43,46H,18,21-22H2,1-2H3. The molecule has 2 aliphatic carbocycles. The number of fused-ring (bicyclic) bond motifs is 4. The number of nitrogens with zero attached hydrogens (tertiary/aromatic N) is 2. The molecule has 6 unspecified atom stereocenters. The highest BCUT2D eigenvalue weighted by Gasteiger charge is 2.70. The molecule has 10 heteroatoms. The summed E-state index contributed by atoms with van der Waals surface area (Å²) in [4.78, 5) is 59.9. The van der Waals surface area contributed by atoms with Gasteiger partial charge in [0.2, 0.25) is 11.8 Å². The van der Waals surface area contributed by atoms with Gasteiger partial charge in [0.1, 0.15) is 0 Å². The summed E-state index contributed by atoms with van der Waals surface area (Å²) in [7, 11) is 1.46. The molecule has 258 valence electrons. The van der Waals surface area contributed by atoms with Crippen LogP contribution in [0.15, 0.2) is 113 Å². The number of aromatic hydroxyl groups is 1. The van der Waals surface area contributed by atoms with Crippen LogP contribution in [0.3, 0.4) is 0 Å². The second-order valence-electron chi connectivity index (χ2n) is 13.9. The third kappa shape index (κ3) is 5.02. The fraction of sp³-hybridized carbons (Fsp3) is 0.268. The molecular formula is C41H36BrN3O6. The van der Waals surface area contributed by atoms with Crippen LogP contribution in [0.1, 0.15) is 41.0 Å². The highest BCUT2D eigenvalue weighted by Crippen LogP contribution is 2.65. The van der Waals surface area contributed by atoms with Crippen LogP contribution in [0.5, 0.6) is 11.5 Å². The average Bonchev–Trinajstić information content (AvgIpc) is 3.51. The zero-order valence-electron chi connectivity index (χ0n) is 28.1. The topological polar surface area (TPSA) is 116 Å². The maximum atomic E-state index is 15.3. The van der Waals surface area contributed by atoms with Gasteiger partial charge >= 0.3 is 0 Å². The van der Waals surface area contributed by atoms with Crippen molar-refractivity contribution in [2.45, 2.75) is 37.6 Å². The zero-order chi connectivity index (χ0) is 35.6. The van der Waals surface area contributed by atoms with E-state index in [1.807, 2.05) is 97.9 Å². The summed E-state index contributed by atoms with van der Waals surface area (Å²) in [6.07, 6.45) is 2.44. The van der Waals surface area contributed by atoms with Gasteiger partial charge in [-0.2, -0.15) is 5.01 Å². The molecule has 2 saturated heterocycles. The minimum absolute atomic E-state index is 0.156. The van der Waals surface area contributed by atoms with Gasteiger partial charge in [-0.3, -0.25) is 29.5 Å². The molecule has 4 aromatic rings. The number of benzene rings is 4. The number of rotatable bonds is 7. The van der Waals surface area contributed by atoms with Gasteiger partial charge in [-0.25, -0.2) is 0 Å². The fourth-order valence-corrected chi connectivity index (χ4v) is 9.50. The second-order valence-corrected chi connectivity index (χ2v) is 14.8. The van der Waals surface area contributed by atoms with Gasteiger partial charge in [0.25, 0.3) is 11.8 Å². The largest absolute Gasteiger partial charge is 0.504 e. The van der Waals surface area contributed by atoms with Crippen LogP contribution in [0.25, 0.3) is 0 Å². The Kier molecular flexibility index (Phi) is 8.09. The van der Waals surface area contributed by atoms with E-state index in [0.717, 1.165) is 21.7 Å². The van der Waals surface area contributed by atoms with Crippen LogP contribution in [-0.2, 0) is 31.1 Å². The highest BCUT2D eigenvalue weighted by molar-refractivity contribution is 9.10. The lowest BCUT2D eigenvalue weighted by molar-refractivity contribution is -0.142. The molecule has 51 heavy (non-hydrogen) atoms. The van der Waals surface area contributed by atoms with Crippen LogP contribution in [-0.4, -0.2) is 45.8 Å². The number of methoxy groups -OCH3 is 1. The molecule has 9 nitrogen and oxygen atoms in total. The molecule has 2 heterocycles. The van der Waals surface area contributed by atoms with Crippen molar-refractivity contribution in [3.63, 3.8) is 0 Å². The van der Waals surface area contributed by atoms with Gasteiger partial charge in [0, 0.05) is 16.0 Å². The van der Waals surface area contributed by atoms with E-state index in [4.69, 9.17) is 4.74 Å². The lowest BCUT2D eigenvalue weighted by Gasteiger charge is -2.50. The molecule has 3 fully saturated rings. The lowest BCUT2D eigenvalue weighted by atomic mass is 9.49. The summed E-state index contributed by atoms with van der Waals surface area (Å²) in [6, 6.07) is 29.5. The first-order chi connectivity index (χ1) is 24.6. The number of allylic oxidation sites excluding steroid dienone is 2. The molecule has 4 aromatic carbocycles. The molecule has 0 spiro atoms. The molecule has 1 saturated carbocycles. The van der Waals surface area contributed by atoms with E-state index in [1.165, 1.54) is 12.0 Å². The van der Waals surface area contributed by atoms with Gasteiger partial charge in [-0.1, -0.05) is 106 Å². The van der Waals surface area contributed by atoms with Crippen molar-refractivity contribution in [1.29, 1.82) is 0 Å². The first kappa shape index (κ1) is 33.0. The Morgan fingerprint density at radius 3 is 2.25 bits per heavy atom. The Balaban J connectivity index is 1.33. The Hall–Kier alpha value is -5.22. The van der Waals surface area contributed by atoms with Gasteiger partial charge in [0.15, 0.2) is 11.5 Å². The maximum Gasteiger partial charge on any atom is 0.260 e. The lowest BCUT2D eigenvalue weighted by Crippen LogP contribution is -2.53. The van der Waals surface area contributed by atoms with Crippen molar-refractivity contribution in [1.82, 2.24) is 9.91 Å². The summed E-state index contributed by atoms with van der Waals surface area (Å²) in [5.74, 6) is -5.07. The Morgan fingerprint density at radius 2 is 1.57 bits per heavy atom. The number of phenols is 1. The van der Waals surface area contributed by atoms with Crippen LogP contribution in [0.4, 0.5) is 5.69 Å². The summed E-state index contributed by atoms with van der Waals surface area (Å²) >= 11 is 3.59. The predicted octanol–water partition coefficient (Wildman–Crippen LogP) is 6.66. The van der Waals surface area contributed by atoms with E-state index >= 15 is 4.79 Å². The van der Waals surface area contributed by atoms with E-state index in [-0.39, 0.29) is 42.7 Å². The quantitative estimate of drug-likeness (QED) is 0.161. The maximum absolute atomic E-state index is 15.3. The number of carbonyl (C=O) groups excluding carboxylic acids is 4. The van der Waals surface area contributed by atoms with Crippen molar-refractivity contribution in [2.75, 3.05) is 12.5 Å². The van der Waals surface area contributed by atoms with E-state index in [0.29, 0.717) is 21.3 Å². The van der Waals surface area contributed by atoms with E-state index < -0.39 is 46.8 Å². The van der Waals surface area contributed by atoms with E-state index in [9.17, 15) is 19.5 Å². The molecular weight excluding hydrogens is 710 g/mol. The molecule has 2 N–H and O–H groups in total. The Bertz CT molecular complexity index is 2100. The molecule has 8 rings (SSSR count). The Labute approximate surface area is 304 Å². The smallest absolute Gasteiger partial charge is 0.260 e. The number of hydrogen-bond acceptors (Lipinski definition) is 7. The summed E-state index contributed by atoms with van der Waals surface area (Å²) in [5, 5.41) is 13.0. The van der Waals surface area contributed by atoms with Gasteiger partial charge < -0.3 is 9.84 Å². The molecule has 0 bridgehead atoms. The average molecular weight is 747 g/mol. The minimum Gasteiger partial charge on any atom is -0.504 e. The summed E-state index contributed by atoms with van der Waals surface area (Å²) < 4.78 is 6.20. The summed E-state index contributed by atoms with van der Waals surface area (Å²) in [5.41, 5.74) is 5.79. The zero-order valence-corrected chi connectivity index (χ0v) is 29.7. The molecule has 2 aliphatic heterocycles. The van der Waals surface area contributed by atoms with Crippen molar-refractivity contribution in [3.8, 4) is 11.5 Å². The van der Waals surface area contributed by atoms with Crippen molar-refractivity contribution in [2.24, 2.45) is 23.7 Å². The summed E-state index contributed by atoms with van der Waals surface area (Å²) in [6.45, 7) is 2.11. The van der Waals surface area contributed by atoms with Crippen LogP contribution in [0, 0.1) is 30.6 Å². The highest BCUT2D eigenvalue weighted by atomic mass is 79.9. The fourth-order valence-electron chi connectivity index (χ4n) is 9.05. The van der Waals surface area contributed by atoms with Crippen LogP contribution < -0.4 is 10.2 Å². The number of nitrogens with one attached hydrogen (secondary N) is 1. The molecule has 6 atom stereocenters. The minimum atomic E-state index is -1.51. The number of phenolic OH excluding ortho intramolecular Hbond substituents is 1. The molecule has 0 radical (unpaired) electrons. The van der Waals surface area contributed by atoms with Gasteiger partial charge in [-0.15, -0.1) is 0 Å². The number of aryl methyl sites for hydroxylation is 1. The number of halogens is 1. The molecule has 4 amide bonds. The first-order valence-corrected chi connectivity index (χ1v) is 17.9. The number of amides is 4. The third-order valence-corrected chi connectivity index (χ3v) is 11.7. The predicted molar refractivity (Wildman–Crippen MR) is 193 cm³/mol. The number of anilines is 1. The number of carbonyl (C=O) groups is 4. The van der Waals surface area contributed by atoms with E-state index in [2.05, 4.69) is 21.4 Å². The molecule has 4 aliphatic rings. The van der Waals surface area contributed by atoms with Crippen molar-refractivity contribution < 1.29 is 29.0 Å². The van der Waals surface area contributed by atoms with Crippen LogP contribution in [0.2, 0.25) is 0 Å². The van der Waals surface area contributed by atoms with Crippen molar-refractivity contribution in [3.05, 3.63) is 135 Å². The van der Waals surface area contributed by atoms with Gasteiger partial charge in [-0.05, 0) is 61.1 Å². The van der Waals surface area contributed by atoms with Crippen LogP contribution >= 0.6 is 15.9 Å². The number of likely N-dealkylation sites (tertiary alicyclic amines) is 1. The number of hydrogen-bond donors (Lipinski definition) is 2. The third-order valence-electron chi connectivity index (χ3n) is 11.3. The number of hydrazine groups is 1. The number of ether oxygens (including phenoxy) is 1. The number of imide groups is 2. The second kappa shape index (κ2) is 12.5. The normalized spacial score (nSPS) is 26.8. The van der Waals surface area contributed by atoms with E-state index in [1.54, 1.807) is 12.1 Å². The molecule has 0 aromatic heterocycles. The Morgan fingerprint density at radius 1 is 0.882 bits per heavy atom. The van der Waals surface area contributed by atoms with Gasteiger partial charge in [0.05, 0.1) is 42.5 Å². The first-order valence-electron chi connectivity index (χ1n) is 17.1.